The van der Waals surface area contributed by atoms with Gasteiger partial charge in [0.25, 0.3) is 0 Å². The highest BCUT2D eigenvalue weighted by Gasteiger charge is 2.22. The number of fused-ring (bicyclic) bond motifs is 5. The molecule has 268 valence electrons. The summed E-state index contributed by atoms with van der Waals surface area (Å²) in [4.78, 5) is 2.38. The van der Waals surface area contributed by atoms with E-state index < -0.39 is 0 Å². The fourth-order valence-electron chi connectivity index (χ4n) is 8.63. The van der Waals surface area contributed by atoms with Crippen LogP contribution in [0.5, 0.6) is 0 Å². The largest absolute Gasteiger partial charge is 0.310 e. The average Bonchev–Trinajstić information content (AvgIpc) is 3.57. The summed E-state index contributed by atoms with van der Waals surface area (Å²) in [6.07, 6.45) is 0. The number of para-hydroxylation sites is 3. The first-order valence-corrected chi connectivity index (χ1v) is 19.5. The lowest BCUT2D eigenvalue weighted by molar-refractivity contribution is 0.591. The van der Waals surface area contributed by atoms with Gasteiger partial charge in [-0.05, 0) is 122 Å². The Balaban J connectivity index is 1.16. The fraction of sp³-hybridized carbons (Fsp3) is 0.0741. The van der Waals surface area contributed by atoms with Crippen LogP contribution in [-0.4, -0.2) is 4.57 Å². The van der Waals surface area contributed by atoms with Crippen LogP contribution in [0, 0.1) is 0 Å². The monoisotopic (exact) mass is 718 g/mol. The van der Waals surface area contributed by atoms with E-state index in [-0.39, 0.29) is 5.41 Å². The zero-order chi connectivity index (χ0) is 37.8. The van der Waals surface area contributed by atoms with Crippen LogP contribution in [0.2, 0.25) is 0 Å². The SMILES string of the molecule is CC(C)(C)c1ccc2c(-c3ccccc3)c3ccccc3c(-c3ccc(N(c4ccccc4)c4ccc5c(c4)c4ccccc4n5-c4ccccc4)cc3)c2c1. The minimum atomic E-state index is 0.0125. The molecule has 1 aromatic heterocycles. The van der Waals surface area contributed by atoms with Crippen molar-refractivity contribution in [2.24, 2.45) is 0 Å². The highest BCUT2D eigenvalue weighted by molar-refractivity contribution is 6.21. The second-order valence-electron chi connectivity index (χ2n) is 15.8. The minimum absolute atomic E-state index is 0.0125. The minimum Gasteiger partial charge on any atom is -0.310 e. The van der Waals surface area contributed by atoms with Gasteiger partial charge >= 0.3 is 0 Å². The van der Waals surface area contributed by atoms with Crippen LogP contribution in [0.3, 0.4) is 0 Å². The first kappa shape index (κ1) is 33.7. The summed E-state index contributed by atoms with van der Waals surface area (Å²) in [6.45, 7) is 6.91. The number of aromatic nitrogens is 1. The summed E-state index contributed by atoms with van der Waals surface area (Å²) in [7, 11) is 0. The molecule has 0 saturated carbocycles. The Morgan fingerprint density at radius 1 is 0.357 bits per heavy atom. The van der Waals surface area contributed by atoms with Crippen LogP contribution >= 0.6 is 0 Å². The molecule has 0 aliphatic rings. The zero-order valence-corrected chi connectivity index (χ0v) is 31.9. The van der Waals surface area contributed by atoms with E-state index in [1.165, 1.54) is 71.2 Å². The molecule has 10 rings (SSSR count). The number of nitrogens with zero attached hydrogens (tertiary/aromatic N) is 2. The van der Waals surface area contributed by atoms with E-state index in [2.05, 4.69) is 230 Å². The summed E-state index contributed by atoms with van der Waals surface area (Å²) in [5, 5.41) is 7.55. The Hall–Kier alpha value is -6.90. The molecule has 1 heterocycles. The van der Waals surface area contributed by atoms with Crippen molar-refractivity contribution in [3.63, 3.8) is 0 Å². The molecular weight excluding hydrogens is 677 g/mol. The average molecular weight is 719 g/mol. The van der Waals surface area contributed by atoms with Gasteiger partial charge in [0.2, 0.25) is 0 Å². The predicted octanol–water partition coefficient (Wildman–Crippen LogP) is 15.2. The van der Waals surface area contributed by atoms with E-state index in [1.54, 1.807) is 0 Å². The van der Waals surface area contributed by atoms with Gasteiger partial charge < -0.3 is 9.47 Å². The topological polar surface area (TPSA) is 8.17 Å². The molecule has 0 atom stereocenters. The second-order valence-corrected chi connectivity index (χ2v) is 15.8. The second kappa shape index (κ2) is 13.4. The summed E-state index contributed by atoms with van der Waals surface area (Å²) in [5.74, 6) is 0. The summed E-state index contributed by atoms with van der Waals surface area (Å²) >= 11 is 0. The van der Waals surface area contributed by atoms with Gasteiger partial charge in [0, 0.05) is 33.5 Å². The van der Waals surface area contributed by atoms with Crippen LogP contribution in [-0.2, 0) is 5.41 Å². The van der Waals surface area contributed by atoms with Crippen LogP contribution in [0.1, 0.15) is 26.3 Å². The first-order chi connectivity index (χ1) is 27.4. The smallest absolute Gasteiger partial charge is 0.0542 e. The van der Waals surface area contributed by atoms with Gasteiger partial charge in [-0.15, -0.1) is 0 Å². The Morgan fingerprint density at radius 3 is 1.54 bits per heavy atom. The Labute approximate surface area is 328 Å². The van der Waals surface area contributed by atoms with Crippen molar-refractivity contribution in [2.45, 2.75) is 26.2 Å². The van der Waals surface area contributed by atoms with E-state index in [0.29, 0.717) is 0 Å². The highest BCUT2D eigenvalue weighted by atomic mass is 15.1. The van der Waals surface area contributed by atoms with Crippen LogP contribution in [0.4, 0.5) is 17.1 Å². The Bertz CT molecular complexity index is 3030. The van der Waals surface area contributed by atoms with Crippen LogP contribution in [0.15, 0.2) is 200 Å². The lowest BCUT2D eigenvalue weighted by Crippen LogP contribution is -2.11. The van der Waals surface area contributed by atoms with Gasteiger partial charge in [-0.1, -0.05) is 154 Å². The first-order valence-electron chi connectivity index (χ1n) is 19.5. The number of hydrogen-bond donors (Lipinski definition) is 0. The van der Waals surface area contributed by atoms with E-state index in [0.717, 1.165) is 22.7 Å². The van der Waals surface area contributed by atoms with E-state index in [9.17, 15) is 0 Å². The molecule has 2 heteroatoms. The van der Waals surface area contributed by atoms with Gasteiger partial charge in [0.1, 0.15) is 0 Å². The van der Waals surface area contributed by atoms with Crippen LogP contribution < -0.4 is 4.90 Å². The molecule has 0 radical (unpaired) electrons. The maximum Gasteiger partial charge on any atom is 0.0542 e. The lowest BCUT2D eigenvalue weighted by atomic mass is 9.81. The molecule has 0 saturated heterocycles. The lowest BCUT2D eigenvalue weighted by Gasteiger charge is -2.26. The van der Waals surface area contributed by atoms with Gasteiger partial charge in [0.05, 0.1) is 11.0 Å². The summed E-state index contributed by atoms with van der Waals surface area (Å²) < 4.78 is 2.37. The molecule has 0 aliphatic heterocycles. The standard InChI is InChI=1S/C54H42N2/c1-54(2,3)39-29-33-47-49(35-39)53(46-25-14-13-24-45(46)52(47)37-17-7-4-8-18-37)38-27-30-42(31-28-38)55(40-19-9-5-10-20-40)43-32-34-51-48(36-43)44-23-15-16-26-50(44)56(51)41-21-11-6-12-22-41/h4-36H,1-3H3. The molecule has 0 aliphatic carbocycles. The van der Waals surface area contributed by atoms with Gasteiger partial charge in [-0.2, -0.15) is 0 Å². The number of benzene rings is 9. The molecule has 0 bridgehead atoms. The molecule has 0 N–H and O–H groups in total. The third kappa shape index (κ3) is 5.65. The van der Waals surface area contributed by atoms with Crippen molar-refractivity contribution in [3.05, 3.63) is 206 Å². The molecule has 56 heavy (non-hydrogen) atoms. The van der Waals surface area contributed by atoms with Crippen molar-refractivity contribution in [2.75, 3.05) is 4.90 Å². The molecule has 2 nitrogen and oxygen atoms in total. The van der Waals surface area contributed by atoms with E-state index >= 15 is 0 Å². The Kier molecular flexibility index (Phi) is 8.08. The van der Waals surface area contributed by atoms with E-state index in [1.807, 2.05) is 0 Å². The van der Waals surface area contributed by atoms with Crippen LogP contribution in [0.25, 0.3) is 71.3 Å². The normalized spacial score (nSPS) is 11.8. The molecule has 9 aromatic carbocycles. The summed E-state index contributed by atoms with van der Waals surface area (Å²) in [6, 6.07) is 73.1. The van der Waals surface area contributed by atoms with Crippen molar-refractivity contribution in [3.8, 4) is 27.9 Å². The van der Waals surface area contributed by atoms with Crippen molar-refractivity contribution in [1.29, 1.82) is 0 Å². The maximum atomic E-state index is 2.44. The molecule has 10 aromatic rings. The highest BCUT2D eigenvalue weighted by Crippen LogP contribution is 2.46. The van der Waals surface area contributed by atoms with E-state index in [4.69, 9.17) is 0 Å². The Morgan fingerprint density at radius 2 is 0.857 bits per heavy atom. The number of anilines is 3. The molecular formula is C54H42N2. The van der Waals surface area contributed by atoms with Gasteiger partial charge in [0.15, 0.2) is 0 Å². The predicted molar refractivity (Wildman–Crippen MR) is 240 cm³/mol. The van der Waals surface area contributed by atoms with Crippen molar-refractivity contribution >= 4 is 60.4 Å². The molecule has 0 spiro atoms. The fourth-order valence-corrected chi connectivity index (χ4v) is 8.63. The number of rotatable bonds is 6. The third-order valence-corrected chi connectivity index (χ3v) is 11.3. The maximum absolute atomic E-state index is 2.44. The quantitative estimate of drug-likeness (QED) is 0.155. The summed E-state index contributed by atoms with van der Waals surface area (Å²) in [5.41, 5.74) is 13.2. The molecule has 0 amide bonds. The van der Waals surface area contributed by atoms with Crippen molar-refractivity contribution in [1.82, 2.24) is 4.57 Å². The van der Waals surface area contributed by atoms with Crippen molar-refractivity contribution < 1.29 is 0 Å². The van der Waals surface area contributed by atoms with Gasteiger partial charge in [-0.25, -0.2) is 0 Å². The molecule has 0 unspecified atom stereocenters. The molecule has 0 fully saturated rings. The number of hydrogen-bond acceptors (Lipinski definition) is 1. The third-order valence-electron chi connectivity index (χ3n) is 11.3. The van der Waals surface area contributed by atoms with Gasteiger partial charge in [-0.3, -0.25) is 0 Å². The zero-order valence-electron chi connectivity index (χ0n) is 31.9.